The van der Waals surface area contributed by atoms with Crippen molar-refractivity contribution in [1.29, 1.82) is 0 Å². The van der Waals surface area contributed by atoms with Crippen LogP contribution in [0.1, 0.15) is 39.2 Å². The predicted octanol–water partition coefficient (Wildman–Crippen LogP) is 5.23. The highest BCUT2D eigenvalue weighted by Crippen LogP contribution is 2.37. The number of piperidine rings is 1. The van der Waals surface area contributed by atoms with Crippen LogP contribution >= 0.6 is 0 Å². The molecule has 1 N–H and O–H groups in total. The summed E-state index contributed by atoms with van der Waals surface area (Å²) in [6.07, 6.45) is 4.70. The molecule has 163 valence electrons. The van der Waals surface area contributed by atoms with Crippen LogP contribution in [0, 0.1) is 5.82 Å². The van der Waals surface area contributed by atoms with Gasteiger partial charge in [-0.05, 0) is 8.32 Å². The Morgan fingerprint density at radius 3 is 2.37 bits per heavy atom. The zero-order valence-electron chi connectivity index (χ0n) is 18.4. The van der Waals surface area contributed by atoms with Crippen molar-refractivity contribution in [3.63, 3.8) is 0 Å². The molecule has 0 unspecified atom stereocenters. The fourth-order valence-corrected chi connectivity index (χ4v) is 4.03. The Kier molecular flexibility index (Phi) is 6.57. The highest BCUT2D eigenvalue weighted by molar-refractivity contribution is 6.74. The number of aromatic nitrogens is 2. The molecule has 30 heavy (non-hydrogen) atoms. The van der Waals surface area contributed by atoms with Crippen LogP contribution in [0.5, 0.6) is 0 Å². The van der Waals surface area contributed by atoms with E-state index in [0.29, 0.717) is 48.6 Å². The maximum absolute atomic E-state index is 15.2. The molecule has 1 fully saturated rings. The summed E-state index contributed by atoms with van der Waals surface area (Å²) in [7, 11) is -1.96. The van der Waals surface area contributed by atoms with Gasteiger partial charge in [-0.2, -0.15) is 0 Å². The van der Waals surface area contributed by atoms with E-state index in [-0.39, 0.29) is 17.5 Å². The first-order chi connectivity index (χ1) is 14.1. The van der Waals surface area contributed by atoms with E-state index in [9.17, 15) is 0 Å². The van der Waals surface area contributed by atoms with E-state index < -0.39 is 8.32 Å². The normalized spacial score (nSPS) is 15.4. The molecular formula is C22H31FN4O2Si-. The van der Waals surface area contributed by atoms with Crippen LogP contribution in [0.4, 0.5) is 10.3 Å². The van der Waals surface area contributed by atoms with Gasteiger partial charge in [0.05, 0.1) is 5.71 Å². The van der Waals surface area contributed by atoms with Gasteiger partial charge < -0.3 is 14.5 Å². The Morgan fingerprint density at radius 1 is 1.17 bits per heavy atom. The molecule has 1 aromatic heterocycles. The van der Waals surface area contributed by atoms with Crippen LogP contribution < -0.4 is 4.90 Å². The first-order valence-corrected chi connectivity index (χ1v) is 13.2. The van der Waals surface area contributed by atoms with E-state index in [0.717, 1.165) is 5.71 Å². The summed E-state index contributed by atoms with van der Waals surface area (Å²) in [5.41, 5.74) is 2.46. The van der Waals surface area contributed by atoms with Crippen LogP contribution in [0.25, 0.3) is 11.1 Å². The second kappa shape index (κ2) is 8.81. The quantitative estimate of drug-likeness (QED) is 0.399. The number of oxime groups is 1. The molecule has 0 atom stereocenters. The van der Waals surface area contributed by atoms with Crippen LogP contribution in [0.2, 0.25) is 18.1 Å². The van der Waals surface area contributed by atoms with Gasteiger partial charge >= 0.3 is 0 Å². The Bertz CT molecular complexity index is 900. The van der Waals surface area contributed by atoms with E-state index in [1.165, 1.54) is 0 Å². The van der Waals surface area contributed by atoms with Gasteiger partial charge in [-0.3, -0.25) is 0 Å². The summed E-state index contributed by atoms with van der Waals surface area (Å²) in [4.78, 5) is 10.9. The number of hydrogen-bond acceptors (Lipinski definition) is 6. The van der Waals surface area contributed by atoms with Gasteiger partial charge in [0.25, 0.3) is 0 Å². The average molecular weight is 431 g/mol. The van der Waals surface area contributed by atoms with Crippen LogP contribution in [-0.2, 0) is 11.0 Å². The van der Waals surface area contributed by atoms with Crippen LogP contribution in [0.15, 0.2) is 35.7 Å². The molecule has 0 amide bonds. The molecule has 1 aromatic carbocycles. The summed E-state index contributed by atoms with van der Waals surface area (Å²) in [6, 6.07) is 5.36. The van der Waals surface area contributed by atoms with E-state index in [2.05, 4.69) is 49.0 Å². The molecule has 3 rings (SSSR count). The van der Waals surface area contributed by atoms with Crippen molar-refractivity contribution >= 4 is 20.0 Å². The standard InChI is InChI=1S/C22H31FN4O2Si/c1-22(2,3)30(4,5)29-15-16-7-6-8-19(20(16)23)17-13-24-21(25-14-17)27-11-9-18(26-28)10-12-27/h6-8,13-14,28H,9-12,15H2,1-5H3/q-1. The van der Waals surface area contributed by atoms with Gasteiger partial charge in [-0.25, -0.2) is 14.4 Å². The Labute approximate surface area is 178 Å². The Morgan fingerprint density at radius 2 is 1.80 bits per heavy atom. The molecule has 0 bridgehead atoms. The first kappa shape index (κ1) is 22.4. The molecular weight excluding hydrogens is 399 g/mol. The smallest absolute Gasteiger partial charge is 0.225 e. The number of nitrogens with zero attached hydrogens (tertiary/aromatic N) is 4. The zero-order valence-corrected chi connectivity index (χ0v) is 19.4. The van der Waals surface area contributed by atoms with Crippen molar-refractivity contribution < 1.29 is 14.0 Å². The summed E-state index contributed by atoms with van der Waals surface area (Å²) >= 11 is 0. The van der Waals surface area contributed by atoms with Crippen LogP contribution in [0.3, 0.4) is 0 Å². The summed E-state index contributed by atoms with van der Waals surface area (Å²) in [5, 5.41) is 12.2. The Hall–Kier alpha value is -2.32. The molecule has 2 heterocycles. The van der Waals surface area contributed by atoms with Crippen LogP contribution in [-0.4, -0.2) is 42.3 Å². The highest BCUT2D eigenvalue weighted by atomic mass is 28.4. The van der Waals surface area contributed by atoms with Crippen molar-refractivity contribution in [2.24, 2.45) is 5.16 Å². The minimum atomic E-state index is -1.96. The van der Waals surface area contributed by atoms with Crippen molar-refractivity contribution in [3.05, 3.63) is 42.0 Å². The number of hydrogen-bond donors (Lipinski definition) is 1. The maximum atomic E-state index is 15.2. The first-order valence-electron chi connectivity index (χ1n) is 10.3. The lowest BCUT2D eigenvalue weighted by molar-refractivity contribution is 0.271. The summed E-state index contributed by atoms with van der Waals surface area (Å²) < 4.78 is 21.4. The van der Waals surface area contributed by atoms with E-state index in [1.807, 2.05) is 11.0 Å². The van der Waals surface area contributed by atoms with E-state index >= 15 is 4.39 Å². The fourth-order valence-electron chi connectivity index (χ4n) is 3.08. The molecule has 0 aliphatic carbocycles. The molecule has 0 radical (unpaired) electrons. The third-order valence-corrected chi connectivity index (χ3v) is 10.7. The monoisotopic (exact) mass is 430 g/mol. The molecule has 8 heteroatoms. The van der Waals surface area contributed by atoms with Crippen molar-refractivity contribution in [2.45, 2.75) is 58.4 Å². The average Bonchev–Trinajstić information content (AvgIpc) is 2.72. The summed E-state index contributed by atoms with van der Waals surface area (Å²) in [5.74, 6) is 0.322. The van der Waals surface area contributed by atoms with Gasteiger partial charge in [-0.1, -0.05) is 44.1 Å². The number of benzene rings is 1. The molecule has 0 saturated carbocycles. The molecule has 6 nitrogen and oxygen atoms in total. The third kappa shape index (κ3) is 4.87. The van der Waals surface area contributed by atoms with Gasteiger partial charge in [0.2, 0.25) is 5.95 Å². The minimum Gasteiger partial charge on any atom is -0.561 e. The lowest BCUT2D eigenvalue weighted by atomic mass is 10.1. The largest absolute Gasteiger partial charge is 0.561 e. The lowest BCUT2D eigenvalue weighted by Crippen LogP contribution is -2.40. The fraction of sp³-hybridized carbons (Fsp3) is 0.500. The van der Waals surface area contributed by atoms with E-state index in [1.54, 1.807) is 24.5 Å². The van der Waals surface area contributed by atoms with Crippen molar-refractivity contribution in [3.8, 4) is 11.1 Å². The van der Waals surface area contributed by atoms with Crippen molar-refractivity contribution in [1.82, 2.24) is 9.97 Å². The van der Waals surface area contributed by atoms with Gasteiger partial charge in [0.1, 0.15) is 5.82 Å². The second-order valence-electron chi connectivity index (χ2n) is 9.25. The van der Waals surface area contributed by atoms with Gasteiger partial charge in [-0.15, -0.1) is 18.1 Å². The third-order valence-electron chi connectivity index (χ3n) is 6.19. The molecule has 1 aliphatic heterocycles. The number of anilines is 1. The van der Waals surface area contributed by atoms with Gasteiger partial charge in [0, 0.05) is 61.6 Å². The molecule has 2 aromatic rings. The number of rotatable bonds is 5. The molecule has 0 spiro atoms. The molecule has 1 aliphatic rings. The molecule has 1 saturated heterocycles. The maximum Gasteiger partial charge on any atom is 0.225 e. The highest BCUT2D eigenvalue weighted by Gasteiger charge is 2.25. The lowest BCUT2D eigenvalue weighted by Gasteiger charge is -2.48. The summed E-state index contributed by atoms with van der Waals surface area (Å²) in [6.45, 7) is 12.5. The predicted molar refractivity (Wildman–Crippen MR) is 120 cm³/mol. The SMILES string of the molecule is CC(C)(C)[Si-](C)(C)OCc1cccc(-c2cnc(N3CCC(=NO)CC3)nc2)c1F. The Balaban J connectivity index is 1.74. The topological polar surface area (TPSA) is 70.8 Å². The van der Waals surface area contributed by atoms with Gasteiger partial charge in [0.15, 0.2) is 0 Å². The number of halogens is 1. The minimum absolute atomic E-state index is 0.0724. The zero-order chi connectivity index (χ0) is 21.9. The van der Waals surface area contributed by atoms with E-state index in [4.69, 9.17) is 9.63 Å². The second-order valence-corrected chi connectivity index (χ2v) is 14.1. The van der Waals surface area contributed by atoms with Crippen molar-refractivity contribution in [2.75, 3.05) is 18.0 Å².